The molecule has 1 aromatic carbocycles. The van der Waals surface area contributed by atoms with Crippen LogP contribution in [0, 0.1) is 0 Å². The van der Waals surface area contributed by atoms with Gasteiger partial charge in [-0.1, -0.05) is 24.3 Å². The molecule has 0 aromatic heterocycles. The summed E-state index contributed by atoms with van der Waals surface area (Å²) in [6, 6.07) is 7.63. The molecule has 1 unspecified atom stereocenters. The fourth-order valence-electron chi connectivity index (χ4n) is 4.25. The minimum atomic E-state index is -0.717. The molecule has 2 aliphatic heterocycles. The molecule has 1 amide bonds. The minimum absolute atomic E-state index is 0.262. The summed E-state index contributed by atoms with van der Waals surface area (Å²) in [5, 5.41) is 0. The maximum absolute atomic E-state index is 12.4. The van der Waals surface area contributed by atoms with Crippen LogP contribution in [0.15, 0.2) is 36.0 Å². The van der Waals surface area contributed by atoms with Crippen molar-refractivity contribution in [1.29, 1.82) is 0 Å². The van der Waals surface area contributed by atoms with Crippen LogP contribution >= 0.6 is 0 Å². The average Bonchev–Trinajstić information content (AvgIpc) is 3.15. The third-order valence-electron chi connectivity index (χ3n) is 5.17. The fourth-order valence-corrected chi connectivity index (χ4v) is 4.25. The van der Waals surface area contributed by atoms with Gasteiger partial charge in [0.2, 0.25) is 0 Å². The zero-order chi connectivity index (χ0) is 16.8. The zero-order valence-corrected chi connectivity index (χ0v) is 13.5. The van der Waals surface area contributed by atoms with Crippen molar-refractivity contribution in [1.82, 2.24) is 0 Å². The van der Waals surface area contributed by atoms with Gasteiger partial charge >= 0.3 is 6.09 Å². The molecule has 0 bridgehead atoms. The highest BCUT2D eigenvalue weighted by atomic mass is 16.7. The Kier molecular flexibility index (Phi) is 3.47. The Morgan fingerprint density at radius 1 is 1.33 bits per heavy atom. The van der Waals surface area contributed by atoms with E-state index in [0.29, 0.717) is 26.1 Å². The van der Waals surface area contributed by atoms with Gasteiger partial charge in [-0.05, 0) is 11.6 Å². The highest BCUT2D eigenvalue weighted by Crippen LogP contribution is 2.57. The van der Waals surface area contributed by atoms with Crippen molar-refractivity contribution in [3.8, 4) is 0 Å². The van der Waals surface area contributed by atoms with Crippen LogP contribution in [-0.2, 0) is 24.4 Å². The lowest BCUT2D eigenvalue weighted by atomic mass is 9.68. The van der Waals surface area contributed by atoms with Gasteiger partial charge in [0.05, 0.1) is 26.0 Å². The molecule has 1 aliphatic carbocycles. The lowest BCUT2D eigenvalue weighted by molar-refractivity contribution is -0.172. The molecule has 24 heavy (non-hydrogen) atoms. The van der Waals surface area contributed by atoms with Crippen LogP contribution in [0.5, 0.6) is 0 Å². The van der Waals surface area contributed by atoms with Gasteiger partial charge in [0.1, 0.15) is 6.29 Å². The van der Waals surface area contributed by atoms with Crippen molar-refractivity contribution in [2.75, 3.05) is 25.2 Å². The summed E-state index contributed by atoms with van der Waals surface area (Å²) < 4.78 is 16.7. The molecular weight excluding hydrogens is 310 g/mol. The standard InChI is InChI=1S/C18H19NO5/c1-22-16(21)19-14-5-3-2-4-13(14)17(8-9-20)12-18(7-6-15(17)19)23-10-11-24-18/h2-6,9H,7-8,10-12H2,1H3. The number of para-hydroxylation sites is 1. The van der Waals surface area contributed by atoms with E-state index in [-0.39, 0.29) is 6.42 Å². The van der Waals surface area contributed by atoms with E-state index in [1.54, 1.807) is 4.90 Å². The van der Waals surface area contributed by atoms with E-state index in [1.165, 1.54) is 7.11 Å². The van der Waals surface area contributed by atoms with Gasteiger partial charge in [-0.15, -0.1) is 0 Å². The van der Waals surface area contributed by atoms with E-state index in [1.807, 2.05) is 30.3 Å². The second-order valence-corrected chi connectivity index (χ2v) is 6.35. The van der Waals surface area contributed by atoms with Crippen molar-refractivity contribution in [2.45, 2.75) is 30.5 Å². The normalized spacial score (nSPS) is 26.7. The average molecular weight is 329 g/mol. The Balaban J connectivity index is 1.91. The molecule has 3 aliphatic rings. The van der Waals surface area contributed by atoms with Gasteiger partial charge in [-0.3, -0.25) is 0 Å². The van der Waals surface area contributed by atoms with E-state index < -0.39 is 17.3 Å². The van der Waals surface area contributed by atoms with Gasteiger partial charge in [0, 0.05) is 30.4 Å². The third kappa shape index (κ3) is 1.96. The number of ether oxygens (including phenoxy) is 3. The second kappa shape index (κ2) is 5.43. The molecular formula is C18H19NO5. The number of hydrogen-bond acceptors (Lipinski definition) is 5. The van der Waals surface area contributed by atoms with Gasteiger partial charge in [0.15, 0.2) is 5.79 Å². The largest absolute Gasteiger partial charge is 0.452 e. The summed E-state index contributed by atoms with van der Waals surface area (Å²) in [6.45, 7) is 1.09. The molecule has 0 N–H and O–H groups in total. The van der Waals surface area contributed by atoms with Crippen molar-refractivity contribution in [2.24, 2.45) is 0 Å². The first kappa shape index (κ1) is 15.4. The number of anilines is 1. The third-order valence-corrected chi connectivity index (χ3v) is 5.17. The first-order valence-electron chi connectivity index (χ1n) is 8.06. The molecule has 1 aromatic rings. The number of carbonyl (C=O) groups is 2. The maximum Gasteiger partial charge on any atom is 0.418 e. The van der Waals surface area contributed by atoms with Crippen molar-refractivity contribution >= 4 is 18.1 Å². The van der Waals surface area contributed by atoms with Crippen molar-refractivity contribution in [3.63, 3.8) is 0 Å². The lowest BCUT2D eigenvalue weighted by Gasteiger charge is -2.42. The molecule has 6 heteroatoms. The zero-order valence-electron chi connectivity index (χ0n) is 13.5. The summed E-state index contributed by atoms with van der Waals surface area (Å²) in [7, 11) is 1.36. The summed E-state index contributed by atoms with van der Waals surface area (Å²) in [5.41, 5.74) is 1.85. The molecule has 1 fully saturated rings. The summed E-state index contributed by atoms with van der Waals surface area (Å²) in [4.78, 5) is 25.5. The highest BCUT2D eigenvalue weighted by Gasteiger charge is 2.57. The summed E-state index contributed by atoms with van der Waals surface area (Å²) in [6.07, 6.45) is 3.72. The van der Waals surface area contributed by atoms with Crippen molar-refractivity contribution < 1.29 is 23.8 Å². The van der Waals surface area contributed by atoms with E-state index in [0.717, 1.165) is 23.2 Å². The van der Waals surface area contributed by atoms with E-state index in [4.69, 9.17) is 14.2 Å². The van der Waals surface area contributed by atoms with E-state index in [9.17, 15) is 9.59 Å². The molecule has 126 valence electrons. The Morgan fingerprint density at radius 2 is 2.08 bits per heavy atom. The molecule has 1 atom stereocenters. The van der Waals surface area contributed by atoms with Crippen molar-refractivity contribution in [3.05, 3.63) is 41.6 Å². The molecule has 0 radical (unpaired) electrons. The number of nitrogens with zero attached hydrogens (tertiary/aromatic N) is 1. The fraction of sp³-hybridized carbons (Fsp3) is 0.444. The molecule has 1 saturated heterocycles. The maximum atomic E-state index is 12.4. The summed E-state index contributed by atoms with van der Waals surface area (Å²) in [5.74, 6) is -0.717. The van der Waals surface area contributed by atoms with Crippen LogP contribution in [-0.4, -0.2) is 38.5 Å². The number of aldehydes is 1. The molecule has 2 heterocycles. The van der Waals surface area contributed by atoms with Crippen LogP contribution in [0.1, 0.15) is 24.8 Å². The Labute approximate surface area is 140 Å². The van der Waals surface area contributed by atoms with Gasteiger partial charge in [0.25, 0.3) is 0 Å². The summed E-state index contributed by atoms with van der Waals surface area (Å²) >= 11 is 0. The van der Waals surface area contributed by atoms with Crippen LogP contribution in [0.2, 0.25) is 0 Å². The smallest absolute Gasteiger partial charge is 0.418 e. The number of allylic oxidation sites excluding steroid dienone is 1. The van der Waals surface area contributed by atoms with E-state index >= 15 is 0 Å². The molecule has 4 rings (SSSR count). The van der Waals surface area contributed by atoms with Crippen LogP contribution in [0.4, 0.5) is 10.5 Å². The minimum Gasteiger partial charge on any atom is -0.452 e. The quantitative estimate of drug-likeness (QED) is 0.780. The van der Waals surface area contributed by atoms with Gasteiger partial charge < -0.3 is 19.0 Å². The lowest BCUT2D eigenvalue weighted by Crippen LogP contribution is -2.46. The topological polar surface area (TPSA) is 65.1 Å². The van der Waals surface area contributed by atoms with Crippen LogP contribution in [0.25, 0.3) is 0 Å². The number of carbonyl (C=O) groups excluding carboxylic acids is 2. The predicted molar refractivity (Wildman–Crippen MR) is 85.6 cm³/mol. The van der Waals surface area contributed by atoms with Gasteiger partial charge in [-0.25, -0.2) is 9.69 Å². The number of methoxy groups -OCH3 is 1. The van der Waals surface area contributed by atoms with Gasteiger partial charge in [-0.2, -0.15) is 0 Å². The monoisotopic (exact) mass is 329 g/mol. The number of benzene rings is 1. The molecule has 1 spiro atoms. The first-order chi connectivity index (χ1) is 11.7. The van der Waals surface area contributed by atoms with E-state index in [2.05, 4.69) is 0 Å². The van der Waals surface area contributed by atoms with Crippen LogP contribution in [0.3, 0.4) is 0 Å². The Morgan fingerprint density at radius 3 is 2.79 bits per heavy atom. The number of fused-ring (bicyclic) bond motifs is 3. The molecule has 6 nitrogen and oxygen atoms in total. The van der Waals surface area contributed by atoms with Crippen LogP contribution < -0.4 is 4.90 Å². The first-order valence-corrected chi connectivity index (χ1v) is 8.06. The number of rotatable bonds is 2. The predicted octanol–water partition coefficient (Wildman–Crippen LogP) is 2.52. The Hall–Kier alpha value is -2.18. The Bertz CT molecular complexity index is 722. The highest BCUT2D eigenvalue weighted by molar-refractivity contribution is 5.97. The SMILES string of the molecule is COC(=O)N1C2=CCC3(CC2(CC=O)c2ccccc21)OCCO3. The number of hydrogen-bond donors (Lipinski definition) is 0. The molecule has 0 saturated carbocycles. The second-order valence-electron chi connectivity index (χ2n) is 6.35. The number of amides is 1.